The van der Waals surface area contributed by atoms with Crippen molar-refractivity contribution in [3.8, 4) is 0 Å². The zero-order valence-electron chi connectivity index (χ0n) is 5.86. The van der Waals surface area contributed by atoms with Crippen LogP contribution in [0.1, 0.15) is 5.82 Å². The van der Waals surface area contributed by atoms with Crippen LogP contribution in [0.25, 0.3) is 0 Å². The smallest absolute Gasteiger partial charge is 0.212 e. The van der Waals surface area contributed by atoms with E-state index in [2.05, 4.69) is 41.3 Å². The zero-order valence-corrected chi connectivity index (χ0v) is 8.26. The molecule has 0 atom stereocenters. The molecule has 0 spiro atoms. The first-order valence-electron chi connectivity index (χ1n) is 2.89. The molecule has 1 heterocycles. The highest BCUT2D eigenvalue weighted by molar-refractivity contribution is 9.10. The van der Waals surface area contributed by atoms with E-state index in [1.54, 1.807) is 0 Å². The Kier molecular flexibility index (Phi) is 3.12. The Morgan fingerprint density at radius 3 is 2.83 bits per heavy atom. The fraction of sp³-hybridized carbons (Fsp3) is 0.667. The van der Waals surface area contributed by atoms with Crippen molar-refractivity contribution >= 4 is 26.0 Å². The number of alkyl halides is 1. The Morgan fingerprint density at radius 2 is 2.33 bits per heavy atom. The summed E-state index contributed by atoms with van der Waals surface area (Å²) in [6.45, 7) is 0.0461. The number of tetrazole rings is 1. The van der Waals surface area contributed by atoms with Gasteiger partial charge in [0, 0.05) is 0 Å². The predicted octanol–water partition coefficient (Wildman–Crippen LogP) is -1.03. The van der Waals surface area contributed by atoms with E-state index in [-0.39, 0.29) is 11.2 Å². The summed E-state index contributed by atoms with van der Waals surface area (Å²) in [5.74, 6) is 0.305. The summed E-state index contributed by atoms with van der Waals surface area (Å²) in [6, 6.07) is 0. The van der Waals surface area contributed by atoms with Crippen LogP contribution in [0.4, 0.5) is 0 Å². The number of aromatic nitrogens is 4. The molecule has 2 N–H and O–H groups in total. The summed E-state index contributed by atoms with van der Waals surface area (Å²) >= 11 is 2.82. The van der Waals surface area contributed by atoms with Crippen molar-refractivity contribution in [1.82, 2.24) is 25.3 Å². The lowest BCUT2D eigenvalue weighted by Crippen LogP contribution is -2.24. The number of hydrogen-bond donors (Lipinski definition) is 2. The molecule has 0 radical (unpaired) electrons. The van der Waals surface area contributed by atoms with Crippen LogP contribution in [0, 0.1) is 0 Å². The molecule has 0 aliphatic carbocycles. The quantitative estimate of drug-likeness (QED) is 0.671. The molecule has 0 fully saturated rings. The minimum Gasteiger partial charge on any atom is -0.212 e. The van der Waals surface area contributed by atoms with Crippen LogP contribution in [-0.4, -0.2) is 33.7 Å². The molecule has 0 bridgehead atoms. The standard InChI is InChI=1S/C3H6BrN5O2S/c4-2-12(10,11)5-1-3-6-8-9-7-3/h5H,1-2H2,(H,6,7,8,9). The van der Waals surface area contributed by atoms with Crippen molar-refractivity contribution in [1.29, 1.82) is 0 Å². The third kappa shape index (κ3) is 2.83. The molecule has 0 amide bonds. The van der Waals surface area contributed by atoms with Gasteiger partial charge in [0.1, 0.15) is 4.66 Å². The van der Waals surface area contributed by atoms with Gasteiger partial charge in [-0.15, -0.1) is 10.2 Å². The Hall–Kier alpha value is -0.540. The minimum absolute atomic E-state index is 0.0461. The van der Waals surface area contributed by atoms with E-state index < -0.39 is 10.0 Å². The first-order valence-corrected chi connectivity index (χ1v) is 5.67. The average molecular weight is 256 g/mol. The minimum atomic E-state index is -3.25. The predicted molar refractivity (Wildman–Crippen MR) is 43.7 cm³/mol. The molecule has 9 heteroatoms. The molecular formula is C3H6BrN5O2S. The van der Waals surface area contributed by atoms with Gasteiger partial charge in [-0.05, 0) is 0 Å². The summed E-state index contributed by atoms with van der Waals surface area (Å²) in [4.78, 5) is 0. The van der Waals surface area contributed by atoms with Crippen molar-refractivity contribution in [2.24, 2.45) is 0 Å². The summed E-state index contributed by atoms with van der Waals surface area (Å²) in [5.41, 5.74) is 0. The normalized spacial score (nSPS) is 11.8. The number of rotatable bonds is 4. The summed E-state index contributed by atoms with van der Waals surface area (Å²) in [7, 11) is -3.25. The van der Waals surface area contributed by atoms with Gasteiger partial charge in [0.15, 0.2) is 5.82 Å². The molecule has 0 aliphatic rings. The maximum Gasteiger partial charge on any atom is 0.222 e. The fourth-order valence-electron chi connectivity index (χ4n) is 0.470. The Balaban J connectivity index is 2.47. The number of nitrogens with one attached hydrogen (secondary N) is 2. The van der Waals surface area contributed by atoms with E-state index >= 15 is 0 Å². The Bertz CT molecular complexity index is 320. The number of nitrogens with zero attached hydrogens (tertiary/aromatic N) is 3. The number of halogens is 1. The third-order valence-electron chi connectivity index (χ3n) is 0.983. The zero-order chi connectivity index (χ0) is 9.03. The molecule has 0 unspecified atom stereocenters. The van der Waals surface area contributed by atoms with E-state index in [1.807, 2.05) is 0 Å². The van der Waals surface area contributed by atoms with Crippen molar-refractivity contribution in [3.05, 3.63) is 5.82 Å². The number of sulfonamides is 1. The van der Waals surface area contributed by atoms with E-state index in [9.17, 15) is 8.42 Å². The van der Waals surface area contributed by atoms with Gasteiger partial charge in [-0.1, -0.05) is 21.1 Å². The first kappa shape index (κ1) is 9.55. The molecule has 0 saturated carbocycles. The number of hydrogen-bond acceptors (Lipinski definition) is 5. The average Bonchev–Trinajstić information content (AvgIpc) is 2.53. The maximum absolute atomic E-state index is 10.9. The van der Waals surface area contributed by atoms with E-state index in [4.69, 9.17) is 0 Å². The van der Waals surface area contributed by atoms with Gasteiger partial charge in [0.25, 0.3) is 0 Å². The molecule has 0 aromatic carbocycles. The number of aromatic amines is 1. The van der Waals surface area contributed by atoms with Crippen molar-refractivity contribution in [3.63, 3.8) is 0 Å². The van der Waals surface area contributed by atoms with Crippen LogP contribution in [0.2, 0.25) is 0 Å². The van der Waals surface area contributed by atoms with Gasteiger partial charge >= 0.3 is 0 Å². The van der Waals surface area contributed by atoms with Crippen molar-refractivity contribution in [2.45, 2.75) is 6.54 Å². The van der Waals surface area contributed by atoms with Gasteiger partial charge in [-0.2, -0.15) is 5.21 Å². The van der Waals surface area contributed by atoms with Gasteiger partial charge in [0.2, 0.25) is 10.0 Å². The van der Waals surface area contributed by atoms with Crippen LogP contribution >= 0.6 is 15.9 Å². The molecular weight excluding hydrogens is 250 g/mol. The lowest BCUT2D eigenvalue weighted by molar-refractivity contribution is 0.584. The van der Waals surface area contributed by atoms with Gasteiger partial charge < -0.3 is 0 Å². The molecule has 1 aromatic rings. The fourth-order valence-corrected chi connectivity index (χ4v) is 1.38. The van der Waals surface area contributed by atoms with Crippen molar-refractivity contribution in [2.75, 3.05) is 4.66 Å². The van der Waals surface area contributed by atoms with Gasteiger partial charge in [0.05, 0.1) is 6.54 Å². The topological polar surface area (TPSA) is 101 Å². The molecule has 0 aliphatic heterocycles. The molecule has 12 heavy (non-hydrogen) atoms. The highest BCUT2D eigenvalue weighted by Gasteiger charge is 2.08. The second-order valence-electron chi connectivity index (χ2n) is 1.87. The second kappa shape index (κ2) is 3.92. The van der Waals surface area contributed by atoms with Gasteiger partial charge in [-0.3, -0.25) is 0 Å². The van der Waals surface area contributed by atoms with Crippen LogP contribution < -0.4 is 4.72 Å². The van der Waals surface area contributed by atoms with Gasteiger partial charge in [-0.25, -0.2) is 13.1 Å². The molecule has 1 aromatic heterocycles. The lowest BCUT2D eigenvalue weighted by atomic mass is 10.7. The third-order valence-corrected chi connectivity index (χ3v) is 3.66. The van der Waals surface area contributed by atoms with Crippen LogP contribution in [0.3, 0.4) is 0 Å². The Morgan fingerprint density at radius 1 is 1.58 bits per heavy atom. The molecule has 1 rings (SSSR count). The summed E-state index contributed by atoms with van der Waals surface area (Å²) < 4.78 is 23.8. The number of H-pyrrole nitrogens is 1. The molecule has 68 valence electrons. The summed E-state index contributed by atoms with van der Waals surface area (Å²) in [5, 5.41) is 12.6. The van der Waals surface area contributed by atoms with Crippen LogP contribution in [-0.2, 0) is 16.6 Å². The Labute approximate surface area is 77.1 Å². The van der Waals surface area contributed by atoms with Crippen LogP contribution in [0.5, 0.6) is 0 Å². The monoisotopic (exact) mass is 255 g/mol. The molecule has 0 saturated heterocycles. The lowest BCUT2D eigenvalue weighted by Gasteiger charge is -1.98. The van der Waals surface area contributed by atoms with E-state index in [1.165, 1.54) is 0 Å². The highest BCUT2D eigenvalue weighted by Crippen LogP contribution is 1.92. The second-order valence-corrected chi connectivity index (χ2v) is 4.98. The van der Waals surface area contributed by atoms with E-state index in [0.717, 1.165) is 0 Å². The largest absolute Gasteiger partial charge is 0.222 e. The summed E-state index contributed by atoms with van der Waals surface area (Å²) in [6.07, 6.45) is 0. The maximum atomic E-state index is 10.9. The SMILES string of the molecule is O=S(=O)(CBr)NCc1nn[nH]n1. The highest BCUT2D eigenvalue weighted by atomic mass is 79.9. The first-order chi connectivity index (χ1) is 5.64. The molecule has 7 nitrogen and oxygen atoms in total. The van der Waals surface area contributed by atoms with Crippen molar-refractivity contribution < 1.29 is 8.42 Å². The van der Waals surface area contributed by atoms with Crippen LogP contribution in [0.15, 0.2) is 0 Å². The van der Waals surface area contributed by atoms with E-state index in [0.29, 0.717) is 5.82 Å².